The topological polar surface area (TPSA) is 37.3 Å². The average molecular weight is 363 g/mol. The van der Waals surface area contributed by atoms with E-state index in [1.165, 1.54) is 0 Å². The molecule has 0 spiro atoms. The molecule has 0 aromatic rings. The second-order valence-corrected chi connectivity index (χ2v) is 3.31. The summed E-state index contributed by atoms with van der Waals surface area (Å²) in [6.45, 7) is 0. The first kappa shape index (κ1) is 11.7. The van der Waals surface area contributed by atoms with Gasteiger partial charge in [-0.25, -0.2) is 0 Å². The Kier molecular flexibility index (Phi) is 5.70. The zero-order valence-electron chi connectivity index (χ0n) is 6.42. The number of halogens is 1. The van der Waals surface area contributed by atoms with Crippen LogP contribution < -0.4 is 0 Å². The Morgan fingerprint density at radius 3 is 2.27 bits per heavy atom. The number of alkyl halides is 1. The molecule has 2 unspecified atom stereocenters. The first-order chi connectivity index (χ1) is 4.72. The molecule has 11 heavy (non-hydrogen) atoms. The number of hydrogen-bond acceptors (Lipinski definition) is 1. The summed E-state index contributed by atoms with van der Waals surface area (Å²) in [5, 5.41) is 8.49. The van der Waals surface area contributed by atoms with Crippen molar-refractivity contribution >= 4 is 17.6 Å². The van der Waals surface area contributed by atoms with Gasteiger partial charge in [0.25, 0.3) is 0 Å². The smallest absolute Gasteiger partial charge is 0.307 e. The van der Waals surface area contributed by atoms with Gasteiger partial charge in [-0.1, -0.05) is 12.8 Å². The van der Waals surface area contributed by atoms with Crippen molar-refractivity contribution in [1.29, 1.82) is 0 Å². The molecule has 0 saturated heterocycles. The monoisotopic (exact) mass is 364 g/mol. The first-order valence-corrected chi connectivity index (χ1v) is 4.02. The number of aliphatic carboxylic acids is 1. The van der Waals surface area contributed by atoms with Crippen molar-refractivity contribution in [1.82, 2.24) is 0 Å². The van der Waals surface area contributed by atoms with Crippen molar-refractivity contribution < 1.29 is 37.6 Å². The molecule has 0 aliphatic heterocycles. The minimum Gasteiger partial charge on any atom is -0.481 e. The van der Waals surface area contributed by atoms with Crippen molar-refractivity contribution in [2.24, 2.45) is 5.92 Å². The van der Waals surface area contributed by atoms with Crippen LogP contribution in [0, 0.1) is 5.92 Å². The van der Waals surface area contributed by atoms with Gasteiger partial charge in [-0.05, 0) is 12.8 Å². The maximum atomic E-state index is 10.5. The van der Waals surface area contributed by atoms with Crippen LogP contribution in [0.15, 0.2) is 0 Å². The first-order valence-electron chi connectivity index (χ1n) is 3.58. The van der Waals surface area contributed by atoms with E-state index in [-0.39, 0.29) is 39.0 Å². The SMILES string of the molecule is O=C(O)C1CCCCC1Cl.[Hg]. The van der Waals surface area contributed by atoms with E-state index in [1.54, 1.807) is 0 Å². The van der Waals surface area contributed by atoms with E-state index in [0.29, 0.717) is 0 Å². The Balaban J connectivity index is 0.000001000. The van der Waals surface area contributed by atoms with Crippen molar-refractivity contribution in [3.05, 3.63) is 0 Å². The van der Waals surface area contributed by atoms with Crippen molar-refractivity contribution in [2.75, 3.05) is 0 Å². The van der Waals surface area contributed by atoms with E-state index in [0.717, 1.165) is 25.7 Å². The Labute approximate surface area is 91.8 Å². The summed E-state index contributed by atoms with van der Waals surface area (Å²) in [5.74, 6) is -1.03. The summed E-state index contributed by atoms with van der Waals surface area (Å²) >= 11 is 5.80. The zero-order valence-corrected chi connectivity index (χ0v) is 12.7. The van der Waals surface area contributed by atoms with Gasteiger partial charge in [-0.15, -0.1) is 11.6 Å². The molecule has 1 rings (SSSR count). The van der Waals surface area contributed by atoms with Crippen LogP contribution in [-0.2, 0) is 32.5 Å². The molecule has 2 atom stereocenters. The molecule has 1 fully saturated rings. The van der Waals surface area contributed by atoms with Crippen LogP contribution in [0.4, 0.5) is 0 Å². The van der Waals surface area contributed by atoms with Crippen molar-refractivity contribution in [3.63, 3.8) is 0 Å². The molecule has 1 aliphatic carbocycles. The van der Waals surface area contributed by atoms with Gasteiger partial charge in [0, 0.05) is 33.0 Å². The molecular weight excluding hydrogens is 352 g/mol. The van der Waals surface area contributed by atoms with Gasteiger partial charge in [0.2, 0.25) is 0 Å². The summed E-state index contributed by atoms with van der Waals surface area (Å²) in [7, 11) is 0. The molecule has 0 aromatic carbocycles. The van der Waals surface area contributed by atoms with Crippen LogP contribution in [0.1, 0.15) is 25.7 Å². The standard InChI is InChI=1S/C7H11ClO2.Hg/c8-6-4-2-1-3-5(6)7(9)10;/h5-6H,1-4H2,(H,9,10);. The van der Waals surface area contributed by atoms with Gasteiger partial charge >= 0.3 is 5.97 Å². The molecule has 0 aromatic heterocycles. The fourth-order valence-corrected chi connectivity index (χ4v) is 1.75. The van der Waals surface area contributed by atoms with Crippen LogP contribution in [-0.4, -0.2) is 16.5 Å². The van der Waals surface area contributed by atoms with Gasteiger partial charge in [-0.3, -0.25) is 4.79 Å². The van der Waals surface area contributed by atoms with E-state index in [9.17, 15) is 4.79 Å². The van der Waals surface area contributed by atoms with Gasteiger partial charge in [0.15, 0.2) is 0 Å². The third-order valence-electron chi connectivity index (χ3n) is 2.00. The minimum absolute atomic E-state index is 0. The van der Waals surface area contributed by atoms with Crippen LogP contribution in [0.5, 0.6) is 0 Å². The molecule has 0 radical (unpaired) electrons. The Morgan fingerprint density at radius 2 is 1.91 bits per heavy atom. The summed E-state index contributed by atoms with van der Waals surface area (Å²) < 4.78 is 0. The molecule has 1 saturated carbocycles. The van der Waals surface area contributed by atoms with Gasteiger partial charge < -0.3 is 5.11 Å². The summed E-state index contributed by atoms with van der Waals surface area (Å²) in [6.07, 6.45) is 3.71. The van der Waals surface area contributed by atoms with Gasteiger partial charge in [0.1, 0.15) is 0 Å². The third kappa shape index (κ3) is 3.28. The second kappa shape index (κ2) is 5.36. The largest absolute Gasteiger partial charge is 0.481 e. The summed E-state index contributed by atoms with van der Waals surface area (Å²) in [5.41, 5.74) is 0. The Morgan fingerprint density at radius 1 is 1.36 bits per heavy atom. The Hall–Kier alpha value is 0.695. The summed E-state index contributed by atoms with van der Waals surface area (Å²) in [6, 6.07) is 0. The predicted octanol–water partition coefficient (Wildman–Crippen LogP) is 1.87. The molecule has 0 bridgehead atoms. The summed E-state index contributed by atoms with van der Waals surface area (Å²) in [4.78, 5) is 10.5. The second-order valence-electron chi connectivity index (χ2n) is 2.75. The molecular formula is C7H11ClHgO2. The van der Waals surface area contributed by atoms with Crippen molar-refractivity contribution in [2.45, 2.75) is 31.1 Å². The molecule has 4 heteroatoms. The maximum Gasteiger partial charge on any atom is 0.307 e. The molecule has 0 heterocycles. The molecule has 1 N–H and O–H groups in total. The predicted molar refractivity (Wildman–Crippen MR) is 39.2 cm³/mol. The minimum atomic E-state index is -0.736. The number of rotatable bonds is 1. The van der Waals surface area contributed by atoms with Gasteiger partial charge in [0.05, 0.1) is 5.92 Å². The van der Waals surface area contributed by atoms with Gasteiger partial charge in [-0.2, -0.15) is 0 Å². The Bertz CT molecular complexity index is 140. The number of carboxylic acid groups (broad SMARTS) is 1. The molecule has 1 aliphatic rings. The van der Waals surface area contributed by atoms with E-state index < -0.39 is 5.97 Å². The fourth-order valence-electron chi connectivity index (χ4n) is 1.36. The molecule has 60 valence electrons. The van der Waals surface area contributed by atoms with Crippen LogP contribution in [0.2, 0.25) is 0 Å². The number of carboxylic acids is 1. The van der Waals surface area contributed by atoms with E-state index in [4.69, 9.17) is 16.7 Å². The number of carbonyl (C=O) groups is 1. The van der Waals surface area contributed by atoms with E-state index in [1.807, 2.05) is 0 Å². The number of hydrogen-bond donors (Lipinski definition) is 1. The van der Waals surface area contributed by atoms with E-state index >= 15 is 0 Å². The fraction of sp³-hybridized carbons (Fsp3) is 0.857. The molecule has 2 nitrogen and oxygen atoms in total. The van der Waals surface area contributed by atoms with Crippen molar-refractivity contribution in [3.8, 4) is 0 Å². The zero-order chi connectivity index (χ0) is 7.56. The quantitative estimate of drug-likeness (QED) is 0.571. The van der Waals surface area contributed by atoms with Crippen LogP contribution >= 0.6 is 11.6 Å². The average Bonchev–Trinajstić information content (AvgIpc) is 1.88. The normalized spacial score (nSPS) is 30.6. The van der Waals surface area contributed by atoms with Crippen LogP contribution in [0.3, 0.4) is 0 Å². The third-order valence-corrected chi connectivity index (χ3v) is 2.52. The molecule has 0 amide bonds. The van der Waals surface area contributed by atoms with Crippen LogP contribution in [0.25, 0.3) is 0 Å². The maximum absolute atomic E-state index is 10.5. The van der Waals surface area contributed by atoms with E-state index in [2.05, 4.69) is 0 Å².